The molecule has 3 N–H and O–H groups in total. The van der Waals surface area contributed by atoms with Crippen LogP contribution in [0, 0.1) is 12.7 Å². The molecule has 10 heteroatoms. The first kappa shape index (κ1) is 36.6. The van der Waals surface area contributed by atoms with E-state index in [0.29, 0.717) is 17.6 Å². The van der Waals surface area contributed by atoms with E-state index in [4.69, 9.17) is 19.9 Å². The third kappa shape index (κ3) is 10.8. The molecule has 2 amide bonds. The van der Waals surface area contributed by atoms with E-state index in [-0.39, 0.29) is 36.1 Å². The molecule has 0 spiro atoms. The second-order valence-electron chi connectivity index (χ2n) is 12.7. The number of amides is 2. The Morgan fingerprint density at radius 1 is 1.19 bits per heavy atom. The van der Waals surface area contributed by atoms with Crippen molar-refractivity contribution in [2.75, 3.05) is 20.3 Å². The SMILES string of the molecule is CC.COC1(C)CCC(NC2CCCOC2)CC1.Cc1ccc2c(c1F)CN(C(CCC(=O)OC(C)(C)C)C(N)=O)C2=O. The Morgan fingerprint density at radius 2 is 1.84 bits per heavy atom. The van der Waals surface area contributed by atoms with Gasteiger partial charge in [-0.15, -0.1) is 0 Å². The van der Waals surface area contributed by atoms with Crippen LogP contribution in [0.3, 0.4) is 0 Å². The van der Waals surface area contributed by atoms with Gasteiger partial charge in [0.1, 0.15) is 17.5 Å². The summed E-state index contributed by atoms with van der Waals surface area (Å²) in [6.45, 7) is 14.9. The van der Waals surface area contributed by atoms with E-state index in [1.807, 2.05) is 21.0 Å². The monoisotopic (exact) mass is 607 g/mol. The predicted molar refractivity (Wildman–Crippen MR) is 165 cm³/mol. The summed E-state index contributed by atoms with van der Waals surface area (Å²) in [5.41, 5.74) is 5.82. The van der Waals surface area contributed by atoms with Crippen LogP contribution < -0.4 is 11.1 Å². The largest absolute Gasteiger partial charge is 0.460 e. The van der Waals surface area contributed by atoms with E-state index in [1.54, 1.807) is 33.8 Å². The Balaban J connectivity index is 0.000000308. The van der Waals surface area contributed by atoms with Gasteiger partial charge in [-0.25, -0.2) is 4.39 Å². The van der Waals surface area contributed by atoms with E-state index in [0.717, 1.165) is 13.2 Å². The zero-order valence-corrected chi connectivity index (χ0v) is 27.5. The van der Waals surface area contributed by atoms with Crippen molar-refractivity contribution in [1.29, 1.82) is 0 Å². The Morgan fingerprint density at radius 3 is 2.37 bits per heavy atom. The number of primary amides is 1. The Bertz CT molecular complexity index is 1080. The van der Waals surface area contributed by atoms with Crippen LogP contribution in [0.1, 0.15) is 114 Å². The topological polar surface area (TPSA) is 120 Å². The predicted octanol–water partition coefficient (Wildman–Crippen LogP) is 5.19. The molecule has 2 heterocycles. The van der Waals surface area contributed by atoms with Gasteiger partial charge in [0.25, 0.3) is 5.91 Å². The smallest absolute Gasteiger partial charge is 0.306 e. The number of nitrogens with one attached hydrogen (secondary N) is 1. The molecule has 1 saturated carbocycles. The molecule has 244 valence electrons. The molecule has 0 radical (unpaired) electrons. The van der Waals surface area contributed by atoms with Crippen LogP contribution in [-0.4, -0.2) is 72.3 Å². The van der Waals surface area contributed by atoms with Crippen molar-refractivity contribution in [3.63, 3.8) is 0 Å². The molecule has 1 aliphatic carbocycles. The fraction of sp³-hybridized carbons (Fsp3) is 0.727. The fourth-order valence-electron chi connectivity index (χ4n) is 5.65. The van der Waals surface area contributed by atoms with Gasteiger partial charge in [0.05, 0.1) is 18.8 Å². The molecule has 3 aliphatic rings. The highest BCUT2D eigenvalue weighted by Crippen LogP contribution is 2.31. The average molecular weight is 608 g/mol. The first-order valence-electron chi connectivity index (χ1n) is 15.7. The number of ether oxygens (including phenoxy) is 3. The third-order valence-electron chi connectivity index (χ3n) is 8.17. The van der Waals surface area contributed by atoms with Crippen molar-refractivity contribution in [2.24, 2.45) is 5.73 Å². The first-order valence-corrected chi connectivity index (χ1v) is 15.7. The number of carbonyl (C=O) groups is 3. The fourth-order valence-corrected chi connectivity index (χ4v) is 5.65. The van der Waals surface area contributed by atoms with Gasteiger partial charge in [0.2, 0.25) is 5.91 Å². The maximum atomic E-state index is 14.2. The third-order valence-corrected chi connectivity index (χ3v) is 8.17. The van der Waals surface area contributed by atoms with Gasteiger partial charge in [-0.1, -0.05) is 19.9 Å². The van der Waals surface area contributed by atoms with Crippen LogP contribution in [0.2, 0.25) is 0 Å². The van der Waals surface area contributed by atoms with E-state index in [9.17, 15) is 18.8 Å². The number of hydrogen-bond donors (Lipinski definition) is 2. The van der Waals surface area contributed by atoms with Gasteiger partial charge < -0.3 is 30.2 Å². The minimum Gasteiger partial charge on any atom is -0.460 e. The van der Waals surface area contributed by atoms with Crippen molar-refractivity contribution < 1.29 is 33.0 Å². The molecule has 1 aromatic carbocycles. The van der Waals surface area contributed by atoms with E-state index >= 15 is 0 Å². The summed E-state index contributed by atoms with van der Waals surface area (Å²) in [6, 6.07) is 3.34. The van der Waals surface area contributed by atoms with Crippen LogP contribution in [-0.2, 0) is 30.3 Å². The molecule has 9 nitrogen and oxygen atoms in total. The van der Waals surface area contributed by atoms with Crippen molar-refractivity contribution in [2.45, 2.75) is 136 Å². The summed E-state index contributed by atoms with van der Waals surface area (Å²) < 4.78 is 30.5. The number of nitrogens with two attached hydrogens (primary N) is 1. The zero-order valence-electron chi connectivity index (χ0n) is 27.5. The summed E-state index contributed by atoms with van der Waals surface area (Å²) in [5, 5.41) is 3.74. The molecule has 4 rings (SSSR count). The summed E-state index contributed by atoms with van der Waals surface area (Å²) in [4.78, 5) is 37.4. The number of halogens is 1. The number of benzene rings is 1. The minimum absolute atomic E-state index is 0.0323. The maximum Gasteiger partial charge on any atom is 0.306 e. The van der Waals surface area contributed by atoms with E-state index < -0.39 is 35.2 Å². The van der Waals surface area contributed by atoms with Crippen molar-refractivity contribution in [3.05, 3.63) is 34.6 Å². The number of fused-ring (bicyclic) bond motifs is 1. The number of hydrogen-bond acceptors (Lipinski definition) is 7. The molecule has 1 saturated heterocycles. The summed E-state index contributed by atoms with van der Waals surface area (Å²) in [6.07, 6.45) is 7.28. The molecule has 0 bridgehead atoms. The number of nitrogens with zero attached hydrogens (tertiary/aromatic N) is 1. The van der Waals surface area contributed by atoms with Gasteiger partial charge in [-0.2, -0.15) is 0 Å². The molecular formula is C33H54FN3O6. The normalized spacial score (nSPS) is 24.1. The van der Waals surface area contributed by atoms with Gasteiger partial charge in [0, 0.05) is 43.3 Å². The quantitative estimate of drug-likeness (QED) is 0.390. The Kier molecular flexibility index (Phi) is 14.1. The molecule has 2 unspecified atom stereocenters. The lowest BCUT2D eigenvalue weighted by Crippen LogP contribution is -2.47. The average Bonchev–Trinajstić information content (AvgIpc) is 3.29. The van der Waals surface area contributed by atoms with Crippen LogP contribution in [0.4, 0.5) is 4.39 Å². The summed E-state index contributed by atoms with van der Waals surface area (Å²) in [7, 11) is 1.84. The van der Waals surface area contributed by atoms with Crippen molar-refractivity contribution >= 4 is 17.8 Å². The zero-order chi connectivity index (χ0) is 32.4. The second-order valence-corrected chi connectivity index (χ2v) is 12.7. The number of carbonyl (C=O) groups excluding carboxylic acids is 3. The number of esters is 1. The molecular weight excluding hydrogens is 553 g/mol. The lowest BCUT2D eigenvalue weighted by Gasteiger charge is -2.38. The van der Waals surface area contributed by atoms with Gasteiger partial charge in [-0.05, 0) is 91.2 Å². The number of rotatable bonds is 8. The highest BCUT2D eigenvalue weighted by Gasteiger charge is 2.37. The maximum absolute atomic E-state index is 14.2. The van der Waals surface area contributed by atoms with E-state index in [1.165, 1.54) is 49.5 Å². The molecule has 0 aromatic heterocycles. The van der Waals surface area contributed by atoms with Crippen LogP contribution in [0.5, 0.6) is 0 Å². The second kappa shape index (κ2) is 16.5. The van der Waals surface area contributed by atoms with Crippen molar-refractivity contribution in [1.82, 2.24) is 10.2 Å². The number of aryl methyl sites for hydroxylation is 1. The first-order chi connectivity index (χ1) is 20.2. The van der Waals surface area contributed by atoms with Gasteiger partial charge in [0.15, 0.2) is 0 Å². The lowest BCUT2D eigenvalue weighted by molar-refractivity contribution is -0.155. The molecule has 2 aliphatic heterocycles. The van der Waals surface area contributed by atoms with Gasteiger partial charge >= 0.3 is 5.97 Å². The summed E-state index contributed by atoms with van der Waals surface area (Å²) >= 11 is 0. The molecule has 43 heavy (non-hydrogen) atoms. The minimum atomic E-state index is -0.993. The standard InChI is InChI=1S/C18H23FN2O4.C13H25NO2.C2H6/c1-10-5-6-11-12(15(10)19)9-21(17(11)24)13(16(20)23)7-8-14(22)25-18(2,3)4;1-13(15-2)7-5-11(6-8-13)14-12-4-3-9-16-10-12;1-2/h5-6,13H,7-9H2,1-4H3,(H2,20,23);11-12,14H,3-10H2,1-2H3;1-2H3. The molecule has 1 aromatic rings. The number of methoxy groups -OCH3 is 1. The van der Waals surface area contributed by atoms with Crippen LogP contribution in [0.25, 0.3) is 0 Å². The van der Waals surface area contributed by atoms with Gasteiger partial charge in [-0.3, -0.25) is 14.4 Å². The van der Waals surface area contributed by atoms with Crippen LogP contribution >= 0.6 is 0 Å². The van der Waals surface area contributed by atoms with Crippen LogP contribution in [0.15, 0.2) is 12.1 Å². The highest BCUT2D eigenvalue weighted by atomic mass is 19.1. The summed E-state index contributed by atoms with van der Waals surface area (Å²) in [5.74, 6) is -2.13. The highest BCUT2D eigenvalue weighted by molar-refractivity contribution is 6.01. The van der Waals surface area contributed by atoms with Crippen molar-refractivity contribution in [3.8, 4) is 0 Å². The lowest BCUT2D eigenvalue weighted by atomic mass is 9.83. The van der Waals surface area contributed by atoms with E-state index in [2.05, 4.69) is 12.2 Å². The molecule has 2 atom stereocenters. The Hall–Kier alpha value is -2.56. The Labute approximate surface area is 257 Å². The molecule has 2 fully saturated rings.